The number of alkyl halides is 5. The summed E-state index contributed by atoms with van der Waals surface area (Å²) in [5.41, 5.74) is -1.06. The molecule has 4 bridgehead atoms. The summed E-state index contributed by atoms with van der Waals surface area (Å²) in [5.74, 6) is 0.769. The smallest absolute Gasteiger partial charge is 0.428 e. The predicted octanol–water partition coefficient (Wildman–Crippen LogP) is 3.52. The first kappa shape index (κ1) is 19.6. The molecular formula is C14H17F5O6S. The van der Waals surface area contributed by atoms with E-state index in [1.807, 2.05) is 0 Å². The lowest BCUT2D eigenvalue weighted by Gasteiger charge is -2.55. The molecule has 4 rings (SSSR count). The summed E-state index contributed by atoms with van der Waals surface area (Å²) in [7, 11) is -6.47. The Hall–Kier alpha value is -1.17. The minimum absolute atomic E-state index is 0.256. The molecule has 4 saturated carbocycles. The Labute approximate surface area is 145 Å². The van der Waals surface area contributed by atoms with E-state index in [2.05, 4.69) is 4.74 Å². The van der Waals surface area contributed by atoms with E-state index in [4.69, 9.17) is 9.29 Å². The van der Waals surface area contributed by atoms with Gasteiger partial charge >= 0.3 is 27.7 Å². The third-order valence-corrected chi connectivity index (χ3v) is 6.34. The molecule has 0 aromatic carbocycles. The van der Waals surface area contributed by atoms with Crippen LogP contribution in [-0.4, -0.2) is 42.3 Å². The summed E-state index contributed by atoms with van der Waals surface area (Å²) in [6, 6.07) is 0. The Balaban J connectivity index is 1.75. The van der Waals surface area contributed by atoms with Gasteiger partial charge < -0.3 is 9.47 Å². The topological polar surface area (TPSA) is 89.9 Å². The lowest BCUT2D eigenvalue weighted by atomic mass is 9.54. The van der Waals surface area contributed by atoms with Crippen LogP contribution in [0, 0.1) is 17.8 Å². The van der Waals surface area contributed by atoms with Crippen LogP contribution < -0.4 is 0 Å². The highest BCUT2D eigenvalue weighted by Crippen LogP contribution is 2.57. The van der Waals surface area contributed by atoms with E-state index in [9.17, 15) is 35.2 Å². The number of ether oxygens (including phenoxy) is 2. The van der Waals surface area contributed by atoms with E-state index in [0.717, 1.165) is 19.3 Å². The molecule has 1 unspecified atom stereocenters. The fraction of sp³-hybridized carbons (Fsp3) is 0.929. The zero-order valence-electron chi connectivity index (χ0n) is 13.3. The average molecular weight is 408 g/mol. The molecule has 0 aromatic heterocycles. The molecule has 26 heavy (non-hydrogen) atoms. The summed E-state index contributed by atoms with van der Waals surface area (Å²) in [6.07, 6.45) is -8.26. The molecule has 0 heterocycles. The third kappa shape index (κ3) is 3.49. The standard InChI is InChI=1S/C14H17F5O6S/c15-13(16,17)10(14(18,19)26(21,22)23)24-11(20)25-12-4-7-1-8(5-12)3-9(2-7)6-12/h7-10H,1-6H2,(H,21,22,23). The quantitative estimate of drug-likeness (QED) is 0.435. The van der Waals surface area contributed by atoms with Crippen molar-refractivity contribution in [1.29, 1.82) is 0 Å². The Bertz CT molecular complexity index is 653. The second-order valence-corrected chi connectivity index (χ2v) is 9.02. The van der Waals surface area contributed by atoms with Gasteiger partial charge in [-0.1, -0.05) is 0 Å². The van der Waals surface area contributed by atoms with Crippen LogP contribution in [0.1, 0.15) is 38.5 Å². The largest absolute Gasteiger partial charge is 0.509 e. The minimum atomic E-state index is -6.47. The number of hydrogen-bond acceptors (Lipinski definition) is 5. The predicted molar refractivity (Wildman–Crippen MR) is 74.8 cm³/mol. The van der Waals surface area contributed by atoms with Gasteiger partial charge in [0, 0.05) is 0 Å². The van der Waals surface area contributed by atoms with Crippen LogP contribution in [0.15, 0.2) is 0 Å². The Morgan fingerprint density at radius 2 is 1.42 bits per heavy atom. The highest BCUT2D eigenvalue weighted by Gasteiger charge is 2.66. The van der Waals surface area contributed by atoms with Crippen molar-refractivity contribution in [3.63, 3.8) is 0 Å². The lowest BCUT2D eigenvalue weighted by Crippen LogP contribution is -2.55. The SMILES string of the molecule is O=C(OC(C(F)(F)F)C(F)(F)S(=O)(=O)O)OC12CC3CC(CC(C3)C1)C2. The van der Waals surface area contributed by atoms with Crippen molar-refractivity contribution in [3.05, 3.63) is 0 Å². The molecule has 4 aliphatic rings. The molecule has 6 nitrogen and oxygen atoms in total. The summed E-state index contributed by atoms with van der Waals surface area (Å²) >= 11 is 0. The molecule has 4 fully saturated rings. The van der Waals surface area contributed by atoms with E-state index in [1.165, 1.54) is 0 Å². The van der Waals surface area contributed by atoms with Crippen molar-refractivity contribution in [2.24, 2.45) is 17.8 Å². The van der Waals surface area contributed by atoms with Gasteiger partial charge in [0.05, 0.1) is 0 Å². The molecule has 0 aromatic rings. The van der Waals surface area contributed by atoms with Crippen LogP contribution in [0.2, 0.25) is 0 Å². The third-order valence-electron chi connectivity index (χ3n) is 5.44. The first-order valence-electron chi connectivity index (χ1n) is 8.03. The van der Waals surface area contributed by atoms with E-state index >= 15 is 0 Å². The molecule has 0 aliphatic heterocycles. The monoisotopic (exact) mass is 408 g/mol. The van der Waals surface area contributed by atoms with Gasteiger partial charge in [-0.05, 0) is 56.3 Å². The molecular weight excluding hydrogens is 391 g/mol. The summed E-state index contributed by atoms with van der Waals surface area (Å²) in [4.78, 5) is 11.8. The van der Waals surface area contributed by atoms with Crippen molar-refractivity contribution in [2.75, 3.05) is 0 Å². The van der Waals surface area contributed by atoms with Crippen molar-refractivity contribution in [1.82, 2.24) is 0 Å². The van der Waals surface area contributed by atoms with Crippen LogP contribution in [0.25, 0.3) is 0 Å². The van der Waals surface area contributed by atoms with Crippen LogP contribution in [0.5, 0.6) is 0 Å². The highest BCUT2D eigenvalue weighted by molar-refractivity contribution is 7.86. The molecule has 0 saturated heterocycles. The average Bonchev–Trinajstić information content (AvgIpc) is 2.39. The summed E-state index contributed by atoms with van der Waals surface area (Å²) < 4.78 is 104. The minimum Gasteiger partial charge on any atom is -0.428 e. The van der Waals surface area contributed by atoms with Crippen LogP contribution >= 0.6 is 0 Å². The molecule has 0 radical (unpaired) electrons. The van der Waals surface area contributed by atoms with E-state index in [-0.39, 0.29) is 17.8 Å². The Morgan fingerprint density at radius 1 is 1.00 bits per heavy atom. The van der Waals surface area contributed by atoms with Gasteiger partial charge in [0.25, 0.3) is 6.10 Å². The number of carbonyl (C=O) groups excluding carboxylic acids is 1. The van der Waals surface area contributed by atoms with Gasteiger partial charge in [0.2, 0.25) is 0 Å². The van der Waals surface area contributed by atoms with Crippen molar-refractivity contribution in [2.45, 2.75) is 61.7 Å². The first-order chi connectivity index (χ1) is 11.7. The second kappa shape index (κ2) is 5.91. The molecule has 12 heteroatoms. The van der Waals surface area contributed by atoms with Gasteiger partial charge in [0.15, 0.2) is 0 Å². The first-order valence-corrected chi connectivity index (χ1v) is 9.47. The van der Waals surface area contributed by atoms with Gasteiger partial charge in [-0.25, -0.2) is 4.79 Å². The molecule has 150 valence electrons. The fourth-order valence-corrected chi connectivity index (χ4v) is 5.37. The highest BCUT2D eigenvalue weighted by atomic mass is 32.2. The number of rotatable bonds is 4. The van der Waals surface area contributed by atoms with Gasteiger partial charge in [-0.15, -0.1) is 0 Å². The molecule has 0 amide bonds. The Kier molecular flexibility index (Phi) is 4.45. The van der Waals surface area contributed by atoms with Gasteiger partial charge in [-0.3, -0.25) is 4.55 Å². The van der Waals surface area contributed by atoms with Crippen molar-refractivity contribution >= 4 is 16.3 Å². The summed E-state index contributed by atoms with van der Waals surface area (Å²) in [5, 5.41) is -5.76. The number of hydrogen-bond donors (Lipinski definition) is 1. The lowest BCUT2D eigenvalue weighted by molar-refractivity contribution is -0.258. The normalized spacial score (nSPS) is 35.2. The van der Waals surface area contributed by atoms with Gasteiger partial charge in [0.1, 0.15) is 5.60 Å². The molecule has 0 spiro atoms. The molecule has 1 N–H and O–H groups in total. The molecule has 1 atom stereocenters. The van der Waals surface area contributed by atoms with E-state index in [0.29, 0.717) is 19.3 Å². The zero-order valence-corrected chi connectivity index (χ0v) is 14.2. The van der Waals surface area contributed by atoms with Crippen LogP contribution in [-0.2, 0) is 19.6 Å². The maximum atomic E-state index is 13.5. The Morgan fingerprint density at radius 3 is 1.77 bits per heavy atom. The number of carbonyl (C=O) groups is 1. The zero-order chi connectivity index (χ0) is 19.5. The van der Waals surface area contributed by atoms with Crippen molar-refractivity contribution < 1.29 is 49.2 Å². The molecule has 4 aliphatic carbocycles. The van der Waals surface area contributed by atoms with E-state index < -0.39 is 39.4 Å². The van der Waals surface area contributed by atoms with Crippen LogP contribution in [0.3, 0.4) is 0 Å². The van der Waals surface area contributed by atoms with E-state index in [1.54, 1.807) is 0 Å². The maximum Gasteiger partial charge on any atom is 0.509 e. The second-order valence-electron chi connectivity index (χ2n) is 7.53. The maximum absolute atomic E-state index is 13.5. The summed E-state index contributed by atoms with van der Waals surface area (Å²) in [6.45, 7) is 0. The van der Waals surface area contributed by atoms with Gasteiger partial charge in [-0.2, -0.15) is 30.4 Å². The van der Waals surface area contributed by atoms with Crippen LogP contribution in [0.4, 0.5) is 26.7 Å². The number of halogens is 5. The van der Waals surface area contributed by atoms with Crippen molar-refractivity contribution in [3.8, 4) is 0 Å². The fourth-order valence-electron chi connectivity index (χ4n) is 4.91.